The fourth-order valence-corrected chi connectivity index (χ4v) is 2.36. The highest BCUT2D eigenvalue weighted by atomic mass is 32.1. The second-order valence-corrected chi connectivity index (χ2v) is 4.70. The van der Waals surface area contributed by atoms with Crippen molar-refractivity contribution in [1.82, 2.24) is 9.97 Å². The first-order valence-corrected chi connectivity index (χ1v) is 6.32. The number of rotatable bonds is 2. The van der Waals surface area contributed by atoms with Gasteiger partial charge in [-0.1, -0.05) is 19.1 Å². The maximum atomic E-state index is 5.73. The van der Waals surface area contributed by atoms with E-state index >= 15 is 0 Å². The third kappa shape index (κ3) is 1.90. The molecular weight excluding hydrogens is 248 g/mol. The van der Waals surface area contributed by atoms with Gasteiger partial charge in [0.15, 0.2) is 16.3 Å². The Bertz CT molecular complexity index is 617. The Morgan fingerprint density at radius 2 is 2.11 bits per heavy atom. The average Bonchev–Trinajstić information content (AvgIpc) is 2.84. The third-order valence-corrected chi connectivity index (χ3v) is 3.37. The number of imidazole rings is 1. The number of ether oxygens (including phenoxy) is 2. The summed E-state index contributed by atoms with van der Waals surface area (Å²) in [5.41, 5.74) is 2.15. The molecule has 2 N–H and O–H groups in total. The van der Waals surface area contributed by atoms with Crippen molar-refractivity contribution in [2.24, 2.45) is 0 Å². The van der Waals surface area contributed by atoms with Gasteiger partial charge in [0.2, 0.25) is 0 Å². The predicted molar refractivity (Wildman–Crippen MR) is 70.9 cm³/mol. The van der Waals surface area contributed by atoms with Crippen molar-refractivity contribution in [2.45, 2.75) is 12.8 Å². The molecule has 0 spiro atoms. The van der Waals surface area contributed by atoms with Crippen molar-refractivity contribution in [3.05, 3.63) is 40.4 Å². The molecule has 1 aliphatic rings. The van der Waals surface area contributed by atoms with Crippen LogP contribution in [0.4, 0.5) is 0 Å². The first kappa shape index (κ1) is 11.3. The standard InChI is InChI=1S/C13H14N2O2S/c1-8(10-7-14-13(18)15-10)9-3-2-4-11-12(9)17-6-5-16-11/h2-4,7-8H,5-6H2,1H3,(H2,14,15,18). The minimum Gasteiger partial charge on any atom is -0.486 e. The molecule has 0 radical (unpaired) electrons. The van der Waals surface area contributed by atoms with E-state index in [4.69, 9.17) is 21.7 Å². The van der Waals surface area contributed by atoms with E-state index in [0.29, 0.717) is 18.0 Å². The SMILES string of the molecule is CC(c1c[nH]c(=S)[nH]1)c1cccc2c1OCCO2. The Morgan fingerprint density at radius 1 is 1.28 bits per heavy atom. The molecule has 3 rings (SSSR count). The summed E-state index contributed by atoms with van der Waals surface area (Å²) in [7, 11) is 0. The van der Waals surface area contributed by atoms with E-state index in [-0.39, 0.29) is 5.92 Å². The summed E-state index contributed by atoms with van der Waals surface area (Å²) >= 11 is 5.06. The number of aromatic amines is 2. The molecule has 1 unspecified atom stereocenters. The van der Waals surface area contributed by atoms with Crippen LogP contribution in [0.3, 0.4) is 0 Å². The van der Waals surface area contributed by atoms with E-state index in [2.05, 4.69) is 23.0 Å². The van der Waals surface area contributed by atoms with Crippen LogP contribution < -0.4 is 9.47 Å². The minimum absolute atomic E-state index is 0.176. The molecule has 5 heteroatoms. The molecule has 1 aromatic heterocycles. The number of para-hydroxylation sites is 1. The molecule has 0 aliphatic carbocycles. The topological polar surface area (TPSA) is 50.0 Å². The van der Waals surface area contributed by atoms with Gasteiger partial charge in [-0.3, -0.25) is 0 Å². The van der Waals surface area contributed by atoms with Crippen LogP contribution in [0.1, 0.15) is 24.1 Å². The molecule has 0 saturated carbocycles. The minimum atomic E-state index is 0.176. The van der Waals surface area contributed by atoms with Crippen molar-refractivity contribution < 1.29 is 9.47 Å². The Morgan fingerprint density at radius 3 is 2.89 bits per heavy atom. The molecule has 1 atom stereocenters. The van der Waals surface area contributed by atoms with E-state index in [1.165, 1.54) is 0 Å². The number of nitrogens with one attached hydrogen (secondary N) is 2. The van der Waals surface area contributed by atoms with Crippen molar-refractivity contribution in [3.63, 3.8) is 0 Å². The van der Waals surface area contributed by atoms with Crippen LogP contribution in [0.25, 0.3) is 0 Å². The predicted octanol–water partition coefficient (Wildman–Crippen LogP) is 3.00. The largest absolute Gasteiger partial charge is 0.486 e. The van der Waals surface area contributed by atoms with Gasteiger partial charge in [-0.2, -0.15) is 0 Å². The number of H-pyrrole nitrogens is 2. The van der Waals surface area contributed by atoms with Crippen LogP contribution in [-0.2, 0) is 0 Å². The molecular formula is C13H14N2O2S. The molecule has 0 bridgehead atoms. The average molecular weight is 262 g/mol. The molecule has 2 aromatic rings. The first-order chi connectivity index (χ1) is 8.75. The van der Waals surface area contributed by atoms with Gasteiger partial charge >= 0.3 is 0 Å². The summed E-state index contributed by atoms with van der Waals surface area (Å²) < 4.78 is 12.0. The molecule has 94 valence electrons. The summed E-state index contributed by atoms with van der Waals surface area (Å²) in [6, 6.07) is 5.98. The summed E-state index contributed by atoms with van der Waals surface area (Å²) in [6.07, 6.45) is 1.90. The molecule has 2 heterocycles. The zero-order valence-electron chi connectivity index (χ0n) is 10.0. The molecule has 4 nitrogen and oxygen atoms in total. The van der Waals surface area contributed by atoms with Gasteiger partial charge in [0.1, 0.15) is 13.2 Å². The van der Waals surface area contributed by atoms with E-state index in [1.54, 1.807) is 0 Å². The van der Waals surface area contributed by atoms with Crippen LogP contribution in [0.2, 0.25) is 0 Å². The van der Waals surface area contributed by atoms with Gasteiger partial charge in [-0.15, -0.1) is 0 Å². The number of benzene rings is 1. The second-order valence-electron chi connectivity index (χ2n) is 4.29. The van der Waals surface area contributed by atoms with E-state index < -0.39 is 0 Å². The van der Waals surface area contributed by atoms with Crippen molar-refractivity contribution in [1.29, 1.82) is 0 Å². The lowest BCUT2D eigenvalue weighted by Crippen LogP contribution is -2.17. The highest BCUT2D eigenvalue weighted by Crippen LogP contribution is 2.39. The van der Waals surface area contributed by atoms with Crippen molar-refractivity contribution in [3.8, 4) is 11.5 Å². The van der Waals surface area contributed by atoms with Crippen molar-refractivity contribution >= 4 is 12.2 Å². The summed E-state index contributed by atoms with van der Waals surface area (Å²) in [6.45, 7) is 3.32. The van der Waals surface area contributed by atoms with Gasteiger partial charge in [-0.25, -0.2) is 0 Å². The smallest absolute Gasteiger partial charge is 0.174 e. The second kappa shape index (κ2) is 4.49. The lowest BCUT2D eigenvalue weighted by atomic mass is 9.97. The molecule has 1 aromatic carbocycles. The number of hydrogen-bond donors (Lipinski definition) is 2. The van der Waals surface area contributed by atoms with Gasteiger partial charge in [0.25, 0.3) is 0 Å². The third-order valence-electron chi connectivity index (χ3n) is 3.15. The molecule has 0 amide bonds. The fourth-order valence-electron chi connectivity index (χ4n) is 2.18. The highest BCUT2D eigenvalue weighted by molar-refractivity contribution is 7.71. The van der Waals surface area contributed by atoms with Crippen LogP contribution in [-0.4, -0.2) is 23.2 Å². The maximum Gasteiger partial charge on any atom is 0.174 e. The van der Waals surface area contributed by atoms with E-state index in [9.17, 15) is 0 Å². The number of hydrogen-bond acceptors (Lipinski definition) is 3. The van der Waals surface area contributed by atoms with Gasteiger partial charge in [0.05, 0.1) is 0 Å². The van der Waals surface area contributed by atoms with Gasteiger partial charge in [-0.05, 0) is 18.3 Å². The first-order valence-electron chi connectivity index (χ1n) is 5.92. The molecule has 0 saturated heterocycles. The van der Waals surface area contributed by atoms with E-state index in [1.807, 2.05) is 18.3 Å². The Balaban J connectivity index is 2.04. The quantitative estimate of drug-likeness (QED) is 0.818. The molecule has 0 fully saturated rings. The molecule has 1 aliphatic heterocycles. The number of aromatic nitrogens is 2. The molecule has 18 heavy (non-hydrogen) atoms. The summed E-state index contributed by atoms with van der Waals surface area (Å²) in [5, 5.41) is 0. The lowest BCUT2D eigenvalue weighted by molar-refractivity contribution is 0.169. The van der Waals surface area contributed by atoms with Gasteiger partial charge < -0.3 is 19.4 Å². The monoisotopic (exact) mass is 262 g/mol. The Hall–Kier alpha value is -1.75. The van der Waals surface area contributed by atoms with Crippen LogP contribution in [0, 0.1) is 4.77 Å². The van der Waals surface area contributed by atoms with Crippen LogP contribution in [0.15, 0.2) is 24.4 Å². The fraction of sp³-hybridized carbons (Fsp3) is 0.308. The normalized spacial score (nSPS) is 15.4. The maximum absolute atomic E-state index is 5.73. The zero-order chi connectivity index (χ0) is 12.5. The summed E-state index contributed by atoms with van der Waals surface area (Å²) in [5.74, 6) is 1.84. The van der Waals surface area contributed by atoms with Crippen LogP contribution in [0.5, 0.6) is 11.5 Å². The van der Waals surface area contributed by atoms with Gasteiger partial charge in [0, 0.05) is 23.4 Å². The Labute approximate surface area is 110 Å². The van der Waals surface area contributed by atoms with Crippen molar-refractivity contribution in [2.75, 3.05) is 13.2 Å². The zero-order valence-corrected chi connectivity index (χ0v) is 10.8. The number of fused-ring (bicyclic) bond motifs is 1. The van der Waals surface area contributed by atoms with Crippen LogP contribution >= 0.6 is 12.2 Å². The lowest BCUT2D eigenvalue weighted by Gasteiger charge is -2.23. The summed E-state index contributed by atoms with van der Waals surface area (Å²) in [4.78, 5) is 6.13. The highest BCUT2D eigenvalue weighted by Gasteiger charge is 2.20. The Kier molecular flexibility index (Phi) is 2.83. The van der Waals surface area contributed by atoms with E-state index in [0.717, 1.165) is 22.8 Å².